The van der Waals surface area contributed by atoms with E-state index in [9.17, 15) is 16.8 Å². The summed E-state index contributed by atoms with van der Waals surface area (Å²) in [5.74, 6) is 0.588. The molecule has 0 radical (unpaired) electrons. The molecule has 10 heteroatoms. The molecule has 3 rings (SSSR count). The summed E-state index contributed by atoms with van der Waals surface area (Å²) in [4.78, 5) is 0. The van der Waals surface area contributed by atoms with Crippen molar-refractivity contribution in [2.75, 3.05) is 24.3 Å². The fraction of sp³-hybridized carbons (Fsp3) is 0.278. The van der Waals surface area contributed by atoms with Gasteiger partial charge in [0.1, 0.15) is 5.75 Å². The third kappa shape index (κ3) is 4.45. The summed E-state index contributed by atoms with van der Waals surface area (Å²) in [6.45, 7) is 0. The van der Waals surface area contributed by atoms with Crippen molar-refractivity contribution in [1.29, 1.82) is 0 Å². The van der Waals surface area contributed by atoms with Crippen LogP contribution in [0.25, 0.3) is 0 Å². The molecule has 8 nitrogen and oxygen atoms in total. The molecule has 2 aromatic carbocycles. The lowest BCUT2D eigenvalue weighted by Gasteiger charge is -2.23. The topological polar surface area (TPSA) is 105 Å². The molecule has 0 saturated carbocycles. The lowest BCUT2D eigenvalue weighted by molar-refractivity contribution is 0.352. The van der Waals surface area contributed by atoms with Gasteiger partial charge in [-0.25, -0.2) is 16.8 Å². The highest BCUT2D eigenvalue weighted by Crippen LogP contribution is 2.38. The molecule has 0 saturated heterocycles. The Bertz CT molecular complexity index is 1110. The van der Waals surface area contributed by atoms with E-state index in [-0.39, 0.29) is 0 Å². The van der Waals surface area contributed by atoms with Crippen LogP contribution in [-0.2, 0) is 20.0 Å². The van der Waals surface area contributed by atoms with E-state index in [1.54, 1.807) is 30.3 Å². The van der Waals surface area contributed by atoms with Gasteiger partial charge in [-0.2, -0.15) is 9.52 Å². The fourth-order valence-electron chi connectivity index (χ4n) is 3.09. The Labute approximate surface area is 164 Å². The molecule has 1 atom stereocenters. The number of benzene rings is 2. The molecule has 0 aliphatic carbocycles. The summed E-state index contributed by atoms with van der Waals surface area (Å²) in [6.07, 6.45) is 2.55. The first-order valence-corrected chi connectivity index (χ1v) is 12.1. The van der Waals surface area contributed by atoms with Crippen LogP contribution in [-0.4, -0.2) is 46.6 Å². The number of para-hydroxylation sites is 1. The number of hydrogen-bond acceptors (Lipinski definition) is 6. The monoisotopic (exact) mass is 423 g/mol. The maximum atomic E-state index is 12.3. The number of anilines is 1. The van der Waals surface area contributed by atoms with Gasteiger partial charge in [0.2, 0.25) is 20.0 Å². The van der Waals surface area contributed by atoms with E-state index in [1.165, 1.54) is 7.11 Å². The van der Waals surface area contributed by atoms with Crippen LogP contribution >= 0.6 is 0 Å². The van der Waals surface area contributed by atoms with Crippen molar-refractivity contribution < 1.29 is 21.6 Å². The molecular weight excluding hydrogens is 402 g/mol. The minimum atomic E-state index is -3.60. The number of nitrogens with zero attached hydrogens (tertiary/aromatic N) is 2. The van der Waals surface area contributed by atoms with Crippen molar-refractivity contribution in [3.8, 4) is 5.75 Å². The number of nitrogens with one attached hydrogen (secondary N) is 1. The van der Waals surface area contributed by atoms with E-state index in [0.717, 1.165) is 22.5 Å². The Morgan fingerprint density at radius 3 is 2.25 bits per heavy atom. The lowest BCUT2D eigenvalue weighted by Crippen LogP contribution is -2.26. The average Bonchev–Trinajstić information content (AvgIpc) is 3.06. The molecule has 2 aromatic rings. The maximum Gasteiger partial charge on any atom is 0.247 e. The molecule has 1 heterocycles. The van der Waals surface area contributed by atoms with Gasteiger partial charge in [-0.3, -0.25) is 4.72 Å². The van der Waals surface area contributed by atoms with Crippen molar-refractivity contribution in [2.45, 2.75) is 12.5 Å². The standard InChI is InChI=1S/C18H21N3O5S2/c1-26-18-7-5-4-6-15(18)17-12-16(19-21(17)28(3,24)25)13-8-10-14(11-9-13)20-27(2,22)23/h4-11,17,20H,12H2,1-3H3. The summed E-state index contributed by atoms with van der Waals surface area (Å²) in [5.41, 5.74) is 2.45. The van der Waals surface area contributed by atoms with Crippen LogP contribution in [0, 0.1) is 0 Å². The Balaban J connectivity index is 1.95. The summed E-state index contributed by atoms with van der Waals surface area (Å²) < 4.78 is 56.2. The van der Waals surface area contributed by atoms with Crippen molar-refractivity contribution in [2.24, 2.45) is 5.10 Å². The van der Waals surface area contributed by atoms with Crippen molar-refractivity contribution in [3.63, 3.8) is 0 Å². The highest BCUT2D eigenvalue weighted by molar-refractivity contribution is 7.92. The van der Waals surface area contributed by atoms with Gasteiger partial charge >= 0.3 is 0 Å². The zero-order valence-corrected chi connectivity index (χ0v) is 17.3. The molecule has 0 fully saturated rings. The van der Waals surface area contributed by atoms with Gasteiger partial charge in [-0.05, 0) is 23.8 Å². The number of ether oxygens (including phenoxy) is 1. The number of methoxy groups -OCH3 is 1. The summed E-state index contributed by atoms with van der Waals surface area (Å²) in [6, 6.07) is 13.3. The first-order chi connectivity index (χ1) is 13.1. The molecule has 1 unspecified atom stereocenters. The van der Waals surface area contributed by atoms with E-state index >= 15 is 0 Å². The van der Waals surface area contributed by atoms with Crippen LogP contribution < -0.4 is 9.46 Å². The number of rotatable bonds is 6. The van der Waals surface area contributed by atoms with Crippen LogP contribution in [0.1, 0.15) is 23.6 Å². The van der Waals surface area contributed by atoms with Crippen LogP contribution in [0.3, 0.4) is 0 Å². The van der Waals surface area contributed by atoms with E-state index in [0.29, 0.717) is 29.1 Å². The predicted molar refractivity (Wildman–Crippen MR) is 108 cm³/mol. The van der Waals surface area contributed by atoms with Gasteiger partial charge in [0.15, 0.2) is 0 Å². The molecule has 28 heavy (non-hydrogen) atoms. The SMILES string of the molecule is COc1ccccc1C1CC(c2ccc(NS(C)(=O)=O)cc2)=NN1S(C)(=O)=O. The van der Waals surface area contributed by atoms with E-state index in [1.807, 2.05) is 18.2 Å². The van der Waals surface area contributed by atoms with Gasteiger partial charge in [-0.1, -0.05) is 30.3 Å². The minimum Gasteiger partial charge on any atom is -0.496 e. The smallest absolute Gasteiger partial charge is 0.247 e. The maximum absolute atomic E-state index is 12.3. The fourth-order valence-corrected chi connectivity index (χ4v) is 4.55. The highest BCUT2D eigenvalue weighted by Gasteiger charge is 2.36. The second-order valence-electron chi connectivity index (χ2n) is 6.50. The molecule has 1 aliphatic rings. The quantitative estimate of drug-likeness (QED) is 0.767. The molecule has 0 spiro atoms. The third-order valence-electron chi connectivity index (χ3n) is 4.23. The molecule has 0 bridgehead atoms. The largest absolute Gasteiger partial charge is 0.496 e. The molecule has 0 aromatic heterocycles. The normalized spacial score (nSPS) is 17.3. The molecule has 1 N–H and O–H groups in total. The van der Waals surface area contributed by atoms with Crippen molar-refractivity contribution in [3.05, 3.63) is 59.7 Å². The van der Waals surface area contributed by atoms with Gasteiger partial charge in [0.05, 0.1) is 31.4 Å². The molecule has 1 aliphatic heterocycles. The average molecular weight is 424 g/mol. The van der Waals surface area contributed by atoms with Gasteiger partial charge in [0.25, 0.3) is 0 Å². The summed E-state index contributed by atoms with van der Waals surface area (Å²) in [7, 11) is -5.44. The number of hydrazone groups is 1. The molecule has 0 amide bonds. The number of sulfonamides is 2. The number of hydrogen-bond donors (Lipinski definition) is 1. The third-order valence-corrected chi connectivity index (χ3v) is 5.85. The van der Waals surface area contributed by atoms with Gasteiger partial charge in [0, 0.05) is 17.7 Å². The molecule has 150 valence electrons. The summed E-state index contributed by atoms with van der Waals surface area (Å²) in [5, 5.41) is 4.33. The minimum absolute atomic E-state index is 0.367. The molecular formula is C18H21N3O5S2. The Hall–Kier alpha value is -2.59. The van der Waals surface area contributed by atoms with Crippen LogP contribution in [0.2, 0.25) is 0 Å². The van der Waals surface area contributed by atoms with Crippen LogP contribution in [0.5, 0.6) is 5.75 Å². The lowest BCUT2D eigenvalue weighted by atomic mass is 9.98. The van der Waals surface area contributed by atoms with E-state index < -0.39 is 26.1 Å². The second kappa shape index (κ2) is 7.44. The van der Waals surface area contributed by atoms with Crippen LogP contribution in [0.15, 0.2) is 53.6 Å². The van der Waals surface area contributed by atoms with E-state index in [4.69, 9.17) is 4.74 Å². The second-order valence-corrected chi connectivity index (χ2v) is 10.1. The van der Waals surface area contributed by atoms with E-state index in [2.05, 4.69) is 9.82 Å². The zero-order valence-electron chi connectivity index (χ0n) is 15.7. The van der Waals surface area contributed by atoms with Crippen molar-refractivity contribution in [1.82, 2.24) is 4.41 Å². The summed E-state index contributed by atoms with van der Waals surface area (Å²) >= 11 is 0. The van der Waals surface area contributed by atoms with Crippen molar-refractivity contribution >= 4 is 31.4 Å². The van der Waals surface area contributed by atoms with Gasteiger partial charge in [-0.15, -0.1) is 0 Å². The Kier molecular flexibility index (Phi) is 5.35. The first kappa shape index (κ1) is 20.2. The first-order valence-electron chi connectivity index (χ1n) is 8.36. The van der Waals surface area contributed by atoms with Crippen LogP contribution in [0.4, 0.5) is 5.69 Å². The Morgan fingerprint density at radius 1 is 1.04 bits per heavy atom. The predicted octanol–water partition coefficient (Wildman–Crippen LogP) is 2.18. The zero-order chi connectivity index (χ0) is 20.5. The van der Waals surface area contributed by atoms with Gasteiger partial charge < -0.3 is 4.74 Å². The Morgan fingerprint density at radius 2 is 1.68 bits per heavy atom. The highest BCUT2D eigenvalue weighted by atomic mass is 32.2.